The first kappa shape index (κ1) is 11.0. The fraction of sp³-hybridized carbons (Fsp3) is 0.231. The van der Waals surface area contributed by atoms with E-state index in [9.17, 15) is 5.11 Å². The lowest BCUT2D eigenvalue weighted by Gasteiger charge is -2.17. The maximum atomic E-state index is 9.48. The molecule has 92 valence electrons. The summed E-state index contributed by atoms with van der Waals surface area (Å²) in [4.78, 5) is 8.78. The van der Waals surface area contributed by atoms with Crippen molar-refractivity contribution in [3.8, 4) is 17.1 Å². The maximum Gasteiger partial charge on any atom is 0.161 e. The third-order valence-corrected chi connectivity index (χ3v) is 2.96. The first-order chi connectivity index (χ1) is 8.74. The van der Waals surface area contributed by atoms with Crippen molar-refractivity contribution < 1.29 is 9.84 Å². The van der Waals surface area contributed by atoms with Crippen molar-refractivity contribution in [3.63, 3.8) is 0 Å². The van der Waals surface area contributed by atoms with Gasteiger partial charge in [0.15, 0.2) is 5.82 Å². The Hall–Kier alpha value is -2.14. The number of benzene rings is 1. The van der Waals surface area contributed by atoms with Crippen LogP contribution in [0.5, 0.6) is 5.75 Å². The molecule has 1 aromatic heterocycles. The largest absolute Gasteiger partial charge is 0.508 e. The van der Waals surface area contributed by atoms with Crippen LogP contribution in [0.25, 0.3) is 11.4 Å². The molecule has 0 spiro atoms. The van der Waals surface area contributed by atoms with Crippen LogP contribution >= 0.6 is 0 Å². The third-order valence-electron chi connectivity index (χ3n) is 2.96. The Morgan fingerprint density at radius 3 is 3.00 bits per heavy atom. The lowest BCUT2D eigenvalue weighted by atomic mass is 10.1. The molecule has 0 amide bonds. The van der Waals surface area contributed by atoms with E-state index >= 15 is 0 Å². The van der Waals surface area contributed by atoms with Gasteiger partial charge in [0.05, 0.1) is 18.9 Å². The van der Waals surface area contributed by atoms with Crippen molar-refractivity contribution in [2.45, 2.75) is 13.0 Å². The van der Waals surface area contributed by atoms with Crippen LogP contribution in [0, 0.1) is 0 Å². The van der Waals surface area contributed by atoms with Crippen molar-refractivity contribution in [1.82, 2.24) is 9.97 Å². The van der Waals surface area contributed by atoms with Crippen LogP contribution in [0.3, 0.4) is 0 Å². The molecular weight excluding hydrogens is 230 g/mol. The standard InChI is InChI=1S/C13H13N3O2/c14-12-10-7-18-5-4-11(10)15-13(16-12)8-2-1-3-9(17)6-8/h1-3,6,17H,4-5,7H2,(H2,14,15,16). The number of nitrogens with two attached hydrogens (primary N) is 1. The Morgan fingerprint density at radius 2 is 2.17 bits per heavy atom. The minimum atomic E-state index is 0.190. The van der Waals surface area contributed by atoms with Gasteiger partial charge >= 0.3 is 0 Å². The molecule has 1 aliphatic rings. The summed E-state index contributed by atoms with van der Waals surface area (Å²) in [7, 11) is 0. The summed E-state index contributed by atoms with van der Waals surface area (Å²) in [5, 5.41) is 9.48. The number of phenols is 1. The van der Waals surface area contributed by atoms with E-state index in [1.165, 1.54) is 0 Å². The lowest BCUT2D eigenvalue weighted by Crippen LogP contribution is -2.16. The van der Waals surface area contributed by atoms with E-state index in [-0.39, 0.29) is 5.75 Å². The smallest absolute Gasteiger partial charge is 0.161 e. The third kappa shape index (κ3) is 1.89. The summed E-state index contributed by atoms with van der Waals surface area (Å²) in [5.41, 5.74) is 8.50. The second kappa shape index (κ2) is 4.27. The molecule has 3 N–H and O–H groups in total. The zero-order valence-corrected chi connectivity index (χ0v) is 9.76. The number of hydrogen-bond acceptors (Lipinski definition) is 5. The number of nitrogens with zero attached hydrogens (tertiary/aromatic N) is 2. The Kier molecular flexibility index (Phi) is 2.60. The highest BCUT2D eigenvalue weighted by molar-refractivity contribution is 5.60. The van der Waals surface area contributed by atoms with Crippen LogP contribution in [0.4, 0.5) is 5.82 Å². The van der Waals surface area contributed by atoms with Gasteiger partial charge in [0.2, 0.25) is 0 Å². The maximum absolute atomic E-state index is 9.48. The molecule has 0 bridgehead atoms. The van der Waals surface area contributed by atoms with Gasteiger partial charge in [-0.05, 0) is 12.1 Å². The van der Waals surface area contributed by atoms with Gasteiger partial charge in [-0.15, -0.1) is 0 Å². The average molecular weight is 243 g/mol. The molecule has 1 aromatic carbocycles. The fourth-order valence-corrected chi connectivity index (χ4v) is 2.03. The Labute approximate surface area is 104 Å². The SMILES string of the molecule is Nc1nc(-c2cccc(O)c2)nc2c1COCC2. The molecule has 3 rings (SSSR count). The second-order valence-corrected chi connectivity index (χ2v) is 4.21. The molecule has 2 heterocycles. The second-order valence-electron chi connectivity index (χ2n) is 4.21. The average Bonchev–Trinajstić information content (AvgIpc) is 2.39. The van der Waals surface area contributed by atoms with Crippen molar-refractivity contribution in [2.24, 2.45) is 0 Å². The highest BCUT2D eigenvalue weighted by atomic mass is 16.5. The van der Waals surface area contributed by atoms with E-state index in [2.05, 4.69) is 9.97 Å². The normalized spacial score (nSPS) is 14.2. The number of anilines is 1. The lowest BCUT2D eigenvalue weighted by molar-refractivity contribution is 0.109. The van der Waals surface area contributed by atoms with Gasteiger partial charge in [-0.2, -0.15) is 0 Å². The number of aromatic nitrogens is 2. The van der Waals surface area contributed by atoms with E-state index < -0.39 is 0 Å². The summed E-state index contributed by atoms with van der Waals surface area (Å²) in [6.45, 7) is 1.13. The Morgan fingerprint density at radius 1 is 1.28 bits per heavy atom. The first-order valence-corrected chi connectivity index (χ1v) is 5.76. The number of hydrogen-bond donors (Lipinski definition) is 2. The van der Waals surface area contributed by atoms with Gasteiger partial charge < -0.3 is 15.6 Å². The van der Waals surface area contributed by atoms with Gasteiger partial charge in [0.25, 0.3) is 0 Å². The summed E-state index contributed by atoms with van der Waals surface area (Å²) < 4.78 is 5.34. The molecule has 5 nitrogen and oxygen atoms in total. The number of aromatic hydroxyl groups is 1. The quantitative estimate of drug-likeness (QED) is 0.793. The molecule has 2 aromatic rings. The van der Waals surface area contributed by atoms with E-state index in [1.54, 1.807) is 18.2 Å². The van der Waals surface area contributed by atoms with Crippen LogP contribution in [0.2, 0.25) is 0 Å². The number of nitrogen functional groups attached to an aromatic ring is 1. The topological polar surface area (TPSA) is 81.3 Å². The van der Waals surface area contributed by atoms with E-state index in [0.29, 0.717) is 24.9 Å². The number of phenolic OH excluding ortho intramolecular Hbond substituents is 1. The highest BCUT2D eigenvalue weighted by Gasteiger charge is 2.17. The molecule has 0 fully saturated rings. The summed E-state index contributed by atoms with van der Waals surface area (Å²) in [6.07, 6.45) is 0.744. The van der Waals surface area contributed by atoms with E-state index in [1.807, 2.05) is 6.07 Å². The molecule has 0 radical (unpaired) electrons. The number of rotatable bonds is 1. The van der Waals surface area contributed by atoms with Crippen LogP contribution in [-0.2, 0) is 17.8 Å². The van der Waals surface area contributed by atoms with Crippen molar-refractivity contribution in [3.05, 3.63) is 35.5 Å². The van der Waals surface area contributed by atoms with Crippen molar-refractivity contribution in [1.29, 1.82) is 0 Å². The Bertz CT molecular complexity index is 599. The summed E-state index contributed by atoms with van der Waals surface area (Å²) in [6, 6.07) is 6.84. The van der Waals surface area contributed by atoms with Crippen LogP contribution in [-0.4, -0.2) is 21.7 Å². The van der Waals surface area contributed by atoms with E-state index in [4.69, 9.17) is 10.5 Å². The number of fused-ring (bicyclic) bond motifs is 1. The minimum absolute atomic E-state index is 0.190. The molecule has 0 unspecified atom stereocenters. The Balaban J connectivity index is 2.11. The highest BCUT2D eigenvalue weighted by Crippen LogP contribution is 2.25. The van der Waals surface area contributed by atoms with Crippen LogP contribution in [0.15, 0.2) is 24.3 Å². The summed E-state index contributed by atoms with van der Waals surface area (Å²) >= 11 is 0. The zero-order chi connectivity index (χ0) is 12.5. The van der Waals surface area contributed by atoms with Gasteiger partial charge in [-0.25, -0.2) is 9.97 Å². The minimum Gasteiger partial charge on any atom is -0.508 e. The van der Waals surface area contributed by atoms with Gasteiger partial charge in [0, 0.05) is 17.5 Å². The molecular formula is C13H13N3O2. The first-order valence-electron chi connectivity index (χ1n) is 5.76. The van der Waals surface area contributed by atoms with Gasteiger partial charge in [0.1, 0.15) is 11.6 Å². The molecule has 0 saturated heterocycles. The van der Waals surface area contributed by atoms with E-state index in [0.717, 1.165) is 23.2 Å². The van der Waals surface area contributed by atoms with Crippen molar-refractivity contribution >= 4 is 5.82 Å². The summed E-state index contributed by atoms with van der Waals surface area (Å²) in [5.74, 6) is 1.19. The van der Waals surface area contributed by atoms with Crippen molar-refractivity contribution in [2.75, 3.05) is 12.3 Å². The molecule has 0 atom stereocenters. The van der Waals surface area contributed by atoms with Gasteiger partial charge in [-0.1, -0.05) is 12.1 Å². The molecule has 0 aliphatic carbocycles. The number of ether oxygens (including phenoxy) is 1. The zero-order valence-electron chi connectivity index (χ0n) is 9.76. The van der Waals surface area contributed by atoms with Crippen LogP contribution in [0.1, 0.15) is 11.3 Å². The monoisotopic (exact) mass is 243 g/mol. The predicted molar refractivity (Wildman–Crippen MR) is 66.9 cm³/mol. The van der Waals surface area contributed by atoms with Gasteiger partial charge in [-0.3, -0.25) is 0 Å². The van der Waals surface area contributed by atoms with Crippen LogP contribution < -0.4 is 5.73 Å². The molecule has 5 heteroatoms. The molecule has 1 aliphatic heterocycles. The molecule has 0 saturated carbocycles. The molecule has 18 heavy (non-hydrogen) atoms. The predicted octanol–water partition coefficient (Wildman–Crippen LogP) is 1.50. The fourth-order valence-electron chi connectivity index (χ4n) is 2.03.